The number of nitrogen functional groups attached to an aromatic ring is 1. The predicted octanol–water partition coefficient (Wildman–Crippen LogP) is 3.98. The lowest BCUT2D eigenvalue weighted by atomic mass is 9.99. The Morgan fingerprint density at radius 3 is 2.74 bits per heavy atom. The highest BCUT2D eigenvalue weighted by Crippen LogP contribution is 2.27. The summed E-state index contributed by atoms with van der Waals surface area (Å²) in [5.41, 5.74) is 9.59. The summed E-state index contributed by atoms with van der Waals surface area (Å²) in [5, 5.41) is 20.1. The molecule has 0 amide bonds. The molecule has 0 aliphatic carbocycles. The minimum Gasteiger partial charge on any atom is -0.480 e. The molecule has 0 bridgehead atoms. The van der Waals surface area contributed by atoms with E-state index in [2.05, 4.69) is 38.1 Å². The van der Waals surface area contributed by atoms with Crippen molar-refractivity contribution >= 4 is 40.8 Å². The zero-order valence-electron chi connectivity index (χ0n) is 19.1. The highest BCUT2D eigenvalue weighted by molar-refractivity contribution is 6.36. The van der Waals surface area contributed by atoms with Gasteiger partial charge in [-0.15, -0.1) is 0 Å². The number of halogens is 2. The number of carboxylic acid groups (broad SMARTS) is 1. The van der Waals surface area contributed by atoms with E-state index < -0.39 is 12.0 Å². The second-order valence-electron chi connectivity index (χ2n) is 8.51. The topological polar surface area (TPSA) is 125 Å². The number of hydrogen-bond donors (Lipinski definition) is 5. The van der Waals surface area contributed by atoms with Crippen molar-refractivity contribution in [3.8, 4) is 11.3 Å². The number of aromatic nitrogens is 2. The number of piperidine rings is 1. The van der Waals surface area contributed by atoms with Gasteiger partial charge in [-0.2, -0.15) is 0 Å². The van der Waals surface area contributed by atoms with Gasteiger partial charge in [-0.3, -0.25) is 4.79 Å². The Bertz CT molecular complexity index is 1170. The fourth-order valence-corrected chi connectivity index (χ4v) is 4.67. The molecule has 4 rings (SSSR count). The van der Waals surface area contributed by atoms with Crippen LogP contribution in [0.15, 0.2) is 48.7 Å². The molecule has 8 nitrogen and oxygen atoms in total. The maximum atomic E-state index is 11.2. The molecule has 0 spiro atoms. The van der Waals surface area contributed by atoms with Gasteiger partial charge in [0.15, 0.2) is 11.6 Å². The SMILES string of the molecule is Nc1ncc(-c2cccc(CCNC3CCN[C@@H](C(=O)O)C3)c2)nc1NCc1c(Cl)cccc1Cl. The summed E-state index contributed by atoms with van der Waals surface area (Å²) in [7, 11) is 0. The predicted molar refractivity (Wildman–Crippen MR) is 140 cm³/mol. The second kappa shape index (κ2) is 11.7. The van der Waals surface area contributed by atoms with E-state index in [1.54, 1.807) is 24.4 Å². The summed E-state index contributed by atoms with van der Waals surface area (Å²) in [5.74, 6) is -0.0407. The monoisotopic (exact) mass is 514 g/mol. The highest BCUT2D eigenvalue weighted by Gasteiger charge is 2.25. The van der Waals surface area contributed by atoms with Gasteiger partial charge in [0.05, 0.1) is 11.9 Å². The number of nitrogens with zero attached hydrogens (tertiary/aromatic N) is 2. The summed E-state index contributed by atoms with van der Waals surface area (Å²) in [6, 6.07) is 13.2. The number of rotatable bonds is 9. The first-order valence-electron chi connectivity index (χ1n) is 11.5. The van der Waals surface area contributed by atoms with Crippen LogP contribution in [0.4, 0.5) is 11.6 Å². The van der Waals surface area contributed by atoms with Crippen LogP contribution in [0, 0.1) is 0 Å². The largest absolute Gasteiger partial charge is 0.480 e. The van der Waals surface area contributed by atoms with Crippen molar-refractivity contribution in [3.63, 3.8) is 0 Å². The van der Waals surface area contributed by atoms with Gasteiger partial charge in [-0.05, 0) is 56.1 Å². The number of hydrogen-bond acceptors (Lipinski definition) is 7. The fourth-order valence-electron chi connectivity index (χ4n) is 4.14. The van der Waals surface area contributed by atoms with Gasteiger partial charge in [0.1, 0.15) is 6.04 Å². The average Bonchev–Trinajstić information content (AvgIpc) is 2.85. The molecule has 1 aliphatic heterocycles. The molecule has 1 aromatic heterocycles. The lowest BCUT2D eigenvalue weighted by Gasteiger charge is -2.28. The average molecular weight is 515 g/mol. The van der Waals surface area contributed by atoms with Crippen LogP contribution in [-0.2, 0) is 17.8 Å². The minimum absolute atomic E-state index is 0.198. The van der Waals surface area contributed by atoms with Crippen molar-refractivity contribution in [2.45, 2.75) is 37.9 Å². The maximum Gasteiger partial charge on any atom is 0.320 e. The van der Waals surface area contributed by atoms with E-state index in [-0.39, 0.29) is 6.04 Å². The number of nitrogens with two attached hydrogens (primary N) is 1. The van der Waals surface area contributed by atoms with E-state index >= 15 is 0 Å². The maximum absolute atomic E-state index is 11.2. The third kappa shape index (κ3) is 6.61. The summed E-state index contributed by atoms with van der Waals surface area (Å²) >= 11 is 12.5. The molecule has 3 aromatic rings. The molecule has 1 saturated heterocycles. The molecule has 6 N–H and O–H groups in total. The van der Waals surface area contributed by atoms with Gasteiger partial charge in [-0.25, -0.2) is 9.97 Å². The van der Waals surface area contributed by atoms with E-state index in [0.717, 1.165) is 36.1 Å². The van der Waals surface area contributed by atoms with Gasteiger partial charge >= 0.3 is 5.97 Å². The molecule has 0 saturated carbocycles. The molecule has 1 unspecified atom stereocenters. The third-order valence-corrected chi connectivity index (χ3v) is 6.77. The lowest BCUT2D eigenvalue weighted by Crippen LogP contribution is -2.49. The molecule has 2 aromatic carbocycles. The van der Waals surface area contributed by atoms with E-state index in [9.17, 15) is 9.90 Å². The number of anilines is 2. The van der Waals surface area contributed by atoms with Crippen molar-refractivity contribution in [2.75, 3.05) is 24.1 Å². The molecule has 35 heavy (non-hydrogen) atoms. The highest BCUT2D eigenvalue weighted by atomic mass is 35.5. The van der Waals surface area contributed by atoms with Crippen molar-refractivity contribution in [3.05, 3.63) is 69.8 Å². The first-order chi connectivity index (χ1) is 16.9. The Hall–Kier alpha value is -2.91. The van der Waals surface area contributed by atoms with E-state index in [1.807, 2.05) is 12.1 Å². The number of aliphatic carboxylic acids is 1. The Morgan fingerprint density at radius 1 is 1.20 bits per heavy atom. The first-order valence-corrected chi connectivity index (χ1v) is 12.2. The molecule has 10 heteroatoms. The van der Waals surface area contributed by atoms with Crippen molar-refractivity contribution < 1.29 is 9.90 Å². The summed E-state index contributed by atoms with van der Waals surface area (Å²) in [6.45, 7) is 1.84. The van der Waals surface area contributed by atoms with Gasteiger partial charge in [0.25, 0.3) is 0 Å². The molecule has 184 valence electrons. The van der Waals surface area contributed by atoms with Crippen molar-refractivity contribution in [1.29, 1.82) is 0 Å². The zero-order valence-corrected chi connectivity index (χ0v) is 20.6. The van der Waals surface area contributed by atoms with Crippen LogP contribution in [-0.4, -0.2) is 46.2 Å². The zero-order chi connectivity index (χ0) is 24.8. The minimum atomic E-state index is -0.794. The summed E-state index contributed by atoms with van der Waals surface area (Å²) in [6.07, 6.45) is 3.97. The Labute approximate surface area is 214 Å². The standard InChI is InChI=1S/C25H28Cl2N6O2/c26-19-5-2-6-20(27)18(19)13-32-24-23(28)31-14-22(33-24)16-4-1-3-15(11-16)7-9-29-17-8-10-30-21(12-17)25(34)35/h1-6,11,14,17,21,29-30H,7-10,12-13H2,(H2,28,31)(H,32,33)(H,34,35)/t17?,21-/m1/s1. The Morgan fingerprint density at radius 2 is 1.97 bits per heavy atom. The third-order valence-electron chi connectivity index (χ3n) is 6.07. The fraction of sp³-hybridized carbons (Fsp3) is 0.320. The number of nitrogens with one attached hydrogen (secondary N) is 3. The van der Waals surface area contributed by atoms with Gasteiger partial charge < -0.3 is 26.8 Å². The van der Waals surface area contributed by atoms with Crippen LogP contribution >= 0.6 is 23.2 Å². The molecular weight excluding hydrogens is 487 g/mol. The van der Waals surface area contributed by atoms with Gasteiger partial charge in [0, 0.05) is 33.8 Å². The summed E-state index contributed by atoms with van der Waals surface area (Å²) in [4.78, 5) is 20.2. The Balaban J connectivity index is 1.39. The Kier molecular flexibility index (Phi) is 8.41. The number of carboxylic acids is 1. The lowest BCUT2D eigenvalue weighted by molar-refractivity contribution is -0.140. The van der Waals surface area contributed by atoms with E-state index in [0.29, 0.717) is 46.9 Å². The van der Waals surface area contributed by atoms with Crippen molar-refractivity contribution in [1.82, 2.24) is 20.6 Å². The van der Waals surface area contributed by atoms with E-state index in [4.69, 9.17) is 28.9 Å². The smallest absolute Gasteiger partial charge is 0.320 e. The van der Waals surface area contributed by atoms with Gasteiger partial charge in [-0.1, -0.05) is 47.5 Å². The first kappa shape index (κ1) is 25.2. The van der Waals surface area contributed by atoms with Crippen LogP contribution < -0.4 is 21.7 Å². The molecule has 1 fully saturated rings. The molecule has 0 radical (unpaired) electrons. The molecular formula is C25H28Cl2N6O2. The second-order valence-corrected chi connectivity index (χ2v) is 9.33. The van der Waals surface area contributed by atoms with Crippen LogP contribution in [0.3, 0.4) is 0 Å². The number of benzene rings is 2. The molecule has 2 heterocycles. The van der Waals surface area contributed by atoms with Crippen LogP contribution in [0.5, 0.6) is 0 Å². The van der Waals surface area contributed by atoms with Crippen molar-refractivity contribution in [2.24, 2.45) is 0 Å². The van der Waals surface area contributed by atoms with Crippen LogP contribution in [0.25, 0.3) is 11.3 Å². The summed E-state index contributed by atoms with van der Waals surface area (Å²) < 4.78 is 0. The normalized spacial score (nSPS) is 17.8. The van der Waals surface area contributed by atoms with Crippen LogP contribution in [0.1, 0.15) is 24.0 Å². The molecule has 2 atom stereocenters. The number of carbonyl (C=O) groups is 1. The van der Waals surface area contributed by atoms with E-state index in [1.165, 1.54) is 0 Å². The quantitative estimate of drug-likeness (QED) is 0.290. The van der Waals surface area contributed by atoms with Crippen LogP contribution in [0.2, 0.25) is 10.0 Å². The van der Waals surface area contributed by atoms with Gasteiger partial charge in [0.2, 0.25) is 0 Å². The molecule has 1 aliphatic rings.